The molecule has 0 amide bonds. The first-order valence-electron chi connectivity index (χ1n) is 8.78. The van der Waals surface area contributed by atoms with E-state index in [0.29, 0.717) is 24.6 Å². The number of carbonyl (C=O) groups is 1. The van der Waals surface area contributed by atoms with Crippen LogP contribution in [0.1, 0.15) is 35.7 Å². The number of piperidine rings is 1. The van der Waals surface area contributed by atoms with Gasteiger partial charge in [0.1, 0.15) is 6.61 Å². The zero-order valence-electron chi connectivity index (χ0n) is 14.8. The van der Waals surface area contributed by atoms with Crippen molar-refractivity contribution in [2.45, 2.75) is 31.3 Å². The molecule has 0 unspecified atom stereocenters. The Kier molecular flexibility index (Phi) is 5.74. The van der Waals surface area contributed by atoms with Crippen LogP contribution in [0, 0.1) is 5.92 Å². The van der Waals surface area contributed by atoms with Crippen LogP contribution < -0.4 is 0 Å². The molecule has 2 aromatic carbocycles. The van der Waals surface area contributed by atoms with E-state index in [1.807, 2.05) is 30.3 Å². The van der Waals surface area contributed by atoms with E-state index in [2.05, 4.69) is 6.92 Å². The molecule has 6 heteroatoms. The van der Waals surface area contributed by atoms with Gasteiger partial charge >= 0.3 is 5.97 Å². The van der Waals surface area contributed by atoms with Gasteiger partial charge in [0.05, 0.1) is 10.5 Å². The smallest absolute Gasteiger partial charge is 0.338 e. The molecule has 1 fully saturated rings. The quantitative estimate of drug-likeness (QED) is 0.753. The van der Waals surface area contributed by atoms with Gasteiger partial charge in [0.15, 0.2) is 0 Å². The molecule has 0 radical (unpaired) electrons. The molecular weight excluding hydrogens is 350 g/mol. The lowest BCUT2D eigenvalue weighted by molar-refractivity contribution is 0.0472. The Morgan fingerprint density at radius 1 is 1.04 bits per heavy atom. The number of rotatable bonds is 5. The van der Waals surface area contributed by atoms with Gasteiger partial charge in [0.25, 0.3) is 0 Å². The van der Waals surface area contributed by atoms with Crippen LogP contribution in [-0.4, -0.2) is 31.8 Å². The molecule has 2 aromatic rings. The van der Waals surface area contributed by atoms with Gasteiger partial charge in [-0.3, -0.25) is 0 Å². The van der Waals surface area contributed by atoms with E-state index in [1.165, 1.54) is 28.6 Å². The Morgan fingerprint density at radius 2 is 1.65 bits per heavy atom. The first-order chi connectivity index (χ1) is 12.5. The number of esters is 1. The molecule has 0 saturated carbocycles. The highest BCUT2D eigenvalue weighted by atomic mass is 32.2. The lowest BCUT2D eigenvalue weighted by Gasteiger charge is -2.29. The van der Waals surface area contributed by atoms with Crippen LogP contribution in [0.3, 0.4) is 0 Å². The zero-order chi connectivity index (χ0) is 18.6. The van der Waals surface area contributed by atoms with Gasteiger partial charge < -0.3 is 4.74 Å². The van der Waals surface area contributed by atoms with Crippen LogP contribution >= 0.6 is 0 Å². The van der Waals surface area contributed by atoms with E-state index >= 15 is 0 Å². The molecule has 26 heavy (non-hydrogen) atoms. The Balaban J connectivity index is 1.65. The van der Waals surface area contributed by atoms with E-state index < -0.39 is 16.0 Å². The zero-order valence-corrected chi connectivity index (χ0v) is 15.6. The summed E-state index contributed by atoms with van der Waals surface area (Å²) in [4.78, 5) is 12.3. The standard InChI is InChI=1S/C20H23NO4S/c1-16-11-13-21(14-12-16)26(23,24)19-9-7-18(8-10-19)20(22)25-15-17-5-3-2-4-6-17/h2-10,16H,11-15H2,1H3. The van der Waals surface area contributed by atoms with Gasteiger partial charge in [-0.25, -0.2) is 13.2 Å². The first-order valence-corrected chi connectivity index (χ1v) is 10.2. The second-order valence-electron chi connectivity index (χ2n) is 6.67. The third-order valence-corrected chi connectivity index (χ3v) is 6.60. The van der Waals surface area contributed by atoms with Crippen LogP contribution in [0.4, 0.5) is 0 Å². The number of carbonyl (C=O) groups excluding carboxylic acids is 1. The maximum absolute atomic E-state index is 12.7. The SMILES string of the molecule is CC1CCN(S(=O)(=O)c2ccc(C(=O)OCc3ccccc3)cc2)CC1. The number of sulfonamides is 1. The van der Waals surface area contributed by atoms with Gasteiger partial charge in [0.2, 0.25) is 10.0 Å². The molecule has 1 aliphatic rings. The van der Waals surface area contributed by atoms with Crippen molar-refractivity contribution in [3.05, 3.63) is 65.7 Å². The molecule has 0 aromatic heterocycles. The molecular formula is C20H23NO4S. The largest absolute Gasteiger partial charge is 0.457 e. The van der Waals surface area contributed by atoms with Gasteiger partial charge in [-0.05, 0) is 48.6 Å². The highest BCUT2D eigenvalue weighted by molar-refractivity contribution is 7.89. The van der Waals surface area contributed by atoms with E-state index in [1.54, 1.807) is 0 Å². The maximum atomic E-state index is 12.7. The normalized spacial score (nSPS) is 16.3. The summed E-state index contributed by atoms with van der Waals surface area (Å²) in [6.07, 6.45) is 1.76. The molecule has 1 heterocycles. The Bertz CT molecular complexity index is 839. The summed E-state index contributed by atoms with van der Waals surface area (Å²) in [5, 5.41) is 0. The maximum Gasteiger partial charge on any atom is 0.338 e. The fourth-order valence-electron chi connectivity index (χ4n) is 2.94. The summed E-state index contributed by atoms with van der Waals surface area (Å²) >= 11 is 0. The van der Waals surface area contributed by atoms with Crippen LogP contribution in [0.15, 0.2) is 59.5 Å². The third kappa shape index (κ3) is 4.31. The average molecular weight is 373 g/mol. The molecule has 5 nitrogen and oxygen atoms in total. The lowest BCUT2D eigenvalue weighted by Crippen LogP contribution is -2.37. The van der Waals surface area contributed by atoms with E-state index in [-0.39, 0.29) is 11.5 Å². The minimum Gasteiger partial charge on any atom is -0.457 e. The molecule has 1 saturated heterocycles. The summed E-state index contributed by atoms with van der Waals surface area (Å²) in [6.45, 7) is 3.42. The Labute approximate surface area is 154 Å². The third-order valence-electron chi connectivity index (χ3n) is 4.68. The van der Waals surface area contributed by atoms with Crippen LogP contribution in [0.5, 0.6) is 0 Å². The van der Waals surface area contributed by atoms with Crippen molar-refractivity contribution in [1.29, 1.82) is 0 Å². The molecule has 0 N–H and O–H groups in total. The molecule has 3 rings (SSSR count). The van der Waals surface area contributed by atoms with Gasteiger partial charge in [-0.2, -0.15) is 4.31 Å². The minimum absolute atomic E-state index is 0.186. The Hall–Kier alpha value is -2.18. The number of nitrogens with zero attached hydrogens (tertiary/aromatic N) is 1. The van der Waals surface area contributed by atoms with Crippen molar-refractivity contribution in [3.8, 4) is 0 Å². The van der Waals surface area contributed by atoms with Gasteiger partial charge in [-0.1, -0.05) is 37.3 Å². The summed E-state index contributed by atoms with van der Waals surface area (Å²) in [6, 6.07) is 15.4. The summed E-state index contributed by atoms with van der Waals surface area (Å²) in [5.74, 6) is 0.0906. The lowest BCUT2D eigenvalue weighted by atomic mass is 10.0. The van der Waals surface area contributed by atoms with Crippen molar-refractivity contribution in [2.75, 3.05) is 13.1 Å². The van der Waals surface area contributed by atoms with Crippen LogP contribution in [0.2, 0.25) is 0 Å². The monoisotopic (exact) mass is 373 g/mol. The number of ether oxygens (including phenoxy) is 1. The average Bonchev–Trinajstić information content (AvgIpc) is 2.67. The summed E-state index contributed by atoms with van der Waals surface area (Å²) in [5.41, 5.74) is 1.24. The fourth-order valence-corrected chi connectivity index (χ4v) is 4.41. The van der Waals surface area contributed by atoms with Crippen molar-refractivity contribution >= 4 is 16.0 Å². The Morgan fingerprint density at radius 3 is 2.27 bits per heavy atom. The van der Waals surface area contributed by atoms with Crippen LogP contribution in [-0.2, 0) is 21.4 Å². The molecule has 0 spiro atoms. The molecule has 0 aliphatic carbocycles. The minimum atomic E-state index is -3.50. The van der Waals surface area contributed by atoms with Crippen molar-refractivity contribution < 1.29 is 17.9 Å². The number of hydrogen-bond donors (Lipinski definition) is 0. The van der Waals surface area contributed by atoms with Gasteiger partial charge in [0, 0.05) is 13.1 Å². The molecule has 138 valence electrons. The molecule has 0 atom stereocenters. The summed E-state index contributed by atoms with van der Waals surface area (Å²) in [7, 11) is -3.50. The van der Waals surface area contributed by atoms with Crippen molar-refractivity contribution in [2.24, 2.45) is 5.92 Å². The van der Waals surface area contributed by atoms with E-state index in [4.69, 9.17) is 4.74 Å². The fraction of sp³-hybridized carbons (Fsp3) is 0.350. The summed E-state index contributed by atoms with van der Waals surface area (Å²) < 4.78 is 32.2. The van der Waals surface area contributed by atoms with Crippen molar-refractivity contribution in [3.63, 3.8) is 0 Å². The van der Waals surface area contributed by atoms with E-state index in [9.17, 15) is 13.2 Å². The van der Waals surface area contributed by atoms with Gasteiger partial charge in [-0.15, -0.1) is 0 Å². The number of benzene rings is 2. The highest BCUT2D eigenvalue weighted by Gasteiger charge is 2.28. The second kappa shape index (κ2) is 8.01. The number of hydrogen-bond acceptors (Lipinski definition) is 4. The predicted molar refractivity (Wildman–Crippen MR) is 99.2 cm³/mol. The first kappa shape index (κ1) is 18.6. The van der Waals surface area contributed by atoms with Crippen LogP contribution in [0.25, 0.3) is 0 Å². The topological polar surface area (TPSA) is 63.7 Å². The molecule has 0 bridgehead atoms. The molecule has 1 aliphatic heterocycles. The van der Waals surface area contributed by atoms with Crippen molar-refractivity contribution in [1.82, 2.24) is 4.31 Å². The predicted octanol–water partition coefficient (Wildman–Crippen LogP) is 3.46. The highest BCUT2D eigenvalue weighted by Crippen LogP contribution is 2.23. The second-order valence-corrected chi connectivity index (χ2v) is 8.61. The van der Waals surface area contributed by atoms with E-state index in [0.717, 1.165) is 18.4 Å².